The zero-order valence-electron chi connectivity index (χ0n) is 18.6. The van der Waals surface area contributed by atoms with E-state index in [1.165, 1.54) is 5.01 Å². The summed E-state index contributed by atoms with van der Waals surface area (Å²) in [5.74, 6) is 0.452. The third-order valence-electron chi connectivity index (χ3n) is 5.91. The summed E-state index contributed by atoms with van der Waals surface area (Å²) < 4.78 is 5.31. The van der Waals surface area contributed by atoms with Crippen LogP contribution in [0.5, 0.6) is 5.75 Å². The Morgan fingerprint density at radius 1 is 1.03 bits per heavy atom. The zero-order chi connectivity index (χ0) is 23.8. The minimum atomic E-state index is -0.409. The Morgan fingerprint density at radius 2 is 1.85 bits per heavy atom. The first kappa shape index (κ1) is 22.4. The molecule has 1 aliphatic heterocycles. The first-order chi connectivity index (χ1) is 16.4. The number of halogens is 2. The van der Waals surface area contributed by atoms with Crippen LogP contribution in [0.15, 0.2) is 77.9 Å². The normalized spacial score (nSPS) is 15.5. The second-order valence-electron chi connectivity index (χ2n) is 8.22. The Morgan fingerprint density at radius 3 is 2.62 bits per heavy atom. The second kappa shape index (κ2) is 9.09. The van der Waals surface area contributed by atoms with E-state index in [1.807, 2.05) is 49.4 Å². The van der Waals surface area contributed by atoms with E-state index < -0.39 is 6.04 Å². The van der Waals surface area contributed by atoms with Crippen molar-refractivity contribution in [2.24, 2.45) is 5.10 Å². The molecule has 1 atom stereocenters. The smallest absolute Gasteiger partial charge is 0.274 e. The predicted octanol–water partition coefficient (Wildman–Crippen LogP) is 6.85. The predicted molar refractivity (Wildman–Crippen MR) is 136 cm³/mol. The summed E-state index contributed by atoms with van der Waals surface area (Å²) in [6, 6.07) is 22.2. The average Bonchev–Trinajstić information content (AvgIpc) is 3.28. The molecule has 0 unspecified atom stereocenters. The first-order valence-electron chi connectivity index (χ1n) is 10.8. The molecule has 5 nitrogen and oxygen atoms in total. The van der Waals surface area contributed by atoms with Gasteiger partial charge in [0.1, 0.15) is 10.9 Å². The number of aryl methyl sites for hydroxylation is 1. The highest BCUT2D eigenvalue weighted by Crippen LogP contribution is 2.38. The fourth-order valence-corrected chi connectivity index (χ4v) is 4.65. The number of benzene rings is 3. The van der Waals surface area contributed by atoms with Gasteiger partial charge in [-0.3, -0.25) is 4.79 Å². The first-order valence-corrected chi connectivity index (χ1v) is 11.6. The van der Waals surface area contributed by atoms with Crippen molar-refractivity contribution < 1.29 is 9.53 Å². The number of nitrogens with zero attached hydrogens (tertiary/aromatic N) is 3. The molecule has 1 aliphatic rings. The number of methoxy groups -OCH3 is 1. The summed E-state index contributed by atoms with van der Waals surface area (Å²) in [5, 5.41) is 7.99. The van der Waals surface area contributed by atoms with Crippen LogP contribution in [0, 0.1) is 6.92 Å². The monoisotopic (exact) mass is 489 g/mol. The number of amides is 1. The molecule has 1 aromatic heterocycles. The summed E-state index contributed by atoms with van der Waals surface area (Å²) in [6.07, 6.45) is 0.513. The van der Waals surface area contributed by atoms with Gasteiger partial charge in [0.2, 0.25) is 0 Å². The lowest BCUT2D eigenvalue weighted by Crippen LogP contribution is -2.27. The molecule has 34 heavy (non-hydrogen) atoms. The maximum absolute atomic E-state index is 13.6. The molecule has 0 N–H and O–H groups in total. The van der Waals surface area contributed by atoms with E-state index in [4.69, 9.17) is 33.0 Å². The lowest BCUT2D eigenvalue weighted by molar-refractivity contribution is 0.0711. The molecule has 0 saturated carbocycles. The van der Waals surface area contributed by atoms with Crippen LogP contribution in [-0.4, -0.2) is 28.7 Å². The summed E-state index contributed by atoms with van der Waals surface area (Å²) in [5.41, 5.74) is 4.83. The van der Waals surface area contributed by atoms with Crippen LogP contribution in [0.2, 0.25) is 10.2 Å². The third kappa shape index (κ3) is 4.25. The van der Waals surface area contributed by atoms with Crippen molar-refractivity contribution in [1.29, 1.82) is 0 Å². The number of carbonyl (C=O) groups is 1. The summed E-state index contributed by atoms with van der Waals surface area (Å²) in [4.78, 5) is 18.2. The molecule has 7 heteroatoms. The molecule has 0 saturated heterocycles. The van der Waals surface area contributed by atoms with Crippen molar-refractivity contribution in [3.8, 4) is 5.75 Å². The van der Waals surface area contributed by atoms with Crippen LogP contribution in [0.25, 0.3) is 10.9 Å². The molecule has 0 radical (unpaired) electrons. The fraction of sp³-hybridized carbons (Fsp3) is 0.148. The molecule has 0 aliphatic carbocycles. The number of hydrogen-bond acceptors (Lipinski definition) is 4. The van der Waals surface area contributed by atoms with E-state index in [1.54, 1.807) is 31.4 Å². The minimum Gasteiger partial charge on any atom is -0.497 e. The molecule has 2 heterocycles. The van der Waals surface area contributed by atoms with E-state index in [9.17, 15) is 4.79 Å². The molecule has 170 valence electrons. The van der Waals surface area contributed by atoms with Gasteiger partial charge in [0, 0.05) is 34.0 Å². The van der Waals surface area contributed by atoms with E-state index in [0.717, 1.165) is 33.3 Å². The van der Waals surface area contributed by atoms with Gasteiger partial charge in [-0.1, -0.05) is 59.1 Å². The van der Waals surface area contributed by atoms with Crippen LogP contribution in [-0.2, 0) is 0 Å². The van der Waals surface area contributed by atoms with Crippen LogP contribution >= 0.6 is 23.2 Å². The maximum atomic E-state index is 13.6. The fourth-order valence-electron chi connectivity index (χ4n) is 4.19. The molecular weight excluding hydrogens is 469 g/mol. The minimum absolute atomic E-state index is 0.249. The van der Waals surface area contributed by atoms with Gasteiger partial charge in [0.05, 0.1) is 24.4 Å². The highest BCUT2D eigenvalue weighted by molar-refractivity contribution is 6.31. The van der Waals surface area contributed by atoms with Gasteiger partial charge in [0.15, 0.2) is 0 Å². The highest BCUT2D eigenvalue weighted by Gasteiger charge is 2.35. The third-order valence-corrected chi connectivity index (χ3v) is 6.44. The van der Waals surface area contributed by atoms with Crippen molar-refractivity contribution >= 4 is 45.7 Å². The van der Waals surface area contributed by atoms with Crippen LogP contribution in [0.3, 0.4) is 0 Å². The van der Waals surface area contributed by atoms with Gasteiger partial charge in [-0.25, -0.2) is 9.99 Å². The number of fused-ring (bicyclic) bond motifs is 1. The number of pyridine rings is 1. The van der Waals surface area contributed by atoms with Crippen molar-refractivity contribution in [1.82, 2.24) is 9.99 Å². The van der Waals surface area contributed by atoms with Gasteiger partial charge >= 0.3 is 0 Å². The number of carbonyl (C=O) groups excluding carboxylic acids is 1. The van der Waals surface area contributed by atoms with Crippen LogP contribution in [0.1, 0.15) is 39.5 Å². The van der Waals surface area contributed by atoms with Crippen molar-refractivity contribution in [2.75, 3.05) is 7.11 Å². The summed E-state index contributed by atoms with van der Waals surface area (Å²) in [7, 11) is 1.61. The molecule has 4 aromatic rings. The number of hydrogen-bond donors (Lipinski definition) is 0. The molecule has 0 bridgehead atoms. The van der Waals surface area contributed by atoms with Crippen molar-refractivity contribution in [3.63, 3.8) is 0 Å². The van der Waals surface area contributed by atoms with Gasteiger partial charge in [-0.2, -0.15) is 5.10 Å². The number of ether oxygens (including phenoxy) is 1. The topological polar surface area (TPSA) is 54.8 Å². The van der Waals surface area contributed by atoms with Crippen molar-refractivity contribution in [3.05, 3.63) is 105 Å². The van der Waals surface area contributed by atoms with Gasteiger partial charge in [-0.15, -0.1) is 0 Å². The maximum Gasteiger partial charge on any atom is 0.274 e. The molecular formula is C27H21Cl2N3O2. The number of hydrazone groups is 1. The standard InChI is InChI=1S/C27H21Cl2N3O2/c1-16-5-3-6-17(11-16)24-15-25(32(31-24)27(33)19-7-4-8-20(28)12-19)22-13-18-9-10-21(34-2)14-23(18)30-26(22)29/h3-14,25H,15H2,1-2H3/t25-/m0/s1. The second-order valence-corrected chi connectivity index (χ2v) is 9.02. The zero-order valence-corrected chi connectivity index (χ0v) is 20.1. The van der Waals surface area contributed by atoms with E-state index in [2.05, 4.69) is 11.1 Å². The van der Waals surface area contributed by atoms with Gasteiger partial charge < -0.3 is 4.74 Å². The summed E-state index contributed by atoms with van der Waals surface area (Å²) in [6.45, 7) is 2.03. The van der Waals surface area contributed by atoms with E-state index in [0.29, 0.717) is 27.9 Å². The van der Waals surface area contributed by atoms with E-state index >= 15 is 0 Å². The lowest BCUT2D eigenvalue weighted by Gasteiger charge is -2.23. The van der Waals surface area contributed by atoms with E-state index in [-0.39, 0.29) is 5.91 Å². The molecule has 0 spiro atoms. The van der Waals surface area contributed by atoms with Crippen LogP contribution in [0.4, 0.5) is 0 Å². The quantitative estimate of drug-likeness (QED) is 0.294. The Balaban J connectivity index is 1.61. The summed E-state index contributed by atoms with van der Waals surface area (Å²) >= 11 is 12.8. The molecule has 3 aromatic carbocycles. The Bertz CT molecular complexity index is 1450. The van der Waals surface area contributed by atoms with Gasteiger partial charge in [0.25, 0.3) is 5.91 Å². The number of rotatable bonds is 4. The van der Waals surface area contributed by atoms with Crippen LogP contribution < -0.4 is 4.74 Å². The largest absolute Gasteiger partial charge is 0.497 e. The Hall–Kier alpha value is -3.41. The van der Waals surface area contributed by atoms with Gasteiger partial charge in [-0.05, 0) is 48.9 Å². The lowest BCUT2D eigenvalue weighted by atomic mass is 9.97. The van der Waals surface area contributed by atoms with Crippen molar-refractivity contribution in [2.45, 2.75) is 19.4 Å². The number of aromatic nitrogens is 1. The molecule has 0 fully saturated rings. The Kier molecular flexibility index (Phi) is 5.98. The molecule has 1 amide bonds. The molecule has 5 rings (SSSR count). The highest BCUT2D eigenvalue weighted by atomic mass is 35.5. The SMILES string of the molecule is COc1ccc2cc([C@@H]3CC(c4cccc(C)c4)=NN3C(=O)c3cccc(Cl)c3)c(Cl)nc2c1. The Labute approximate surface area is 207 Å². The average molecular weight is 490 g/mol.